The van der Waals surface area contributed by atoms with E-state index in [9.17, 15) is 5.11 Å². The Labute approximate surface area is 76.8 Å². The molecule has 0 amide bonds. The first-order valence-electron chi connectivity index (χ1n) is 4.41. The van der Waals surface area contributed by atoms with E-state index in [4.69, 9.17) is 0 Å². The molecule has 0 aliphatic carbocycles. The van der Waals surface area contributed by atoms with E-state index in [0.29, 0.717) is 0 Å². The van der Waals surface area contributed by atoms with Gasteiger partial charge in [0.25, 0.3) is 0 Å². The van der Waals surface area contributed by atoms with Gasteiger partial charge in [0.05, 0.1) is 6.10 Å². The lowest BCUT2D eigenvalue weighted by atomic mass is 10.1. The van der Waals surface area contributed by atoms with Crippen molar-refractivity contribution in [3.63, 3.8) is 0 Å². The summed E-state index contributed by atoms with van der Waals surface area (Å²) in [6.45, 7) is 12.4. The Balaban J connectivity index is 4.13. The van der Waals surface area contributed by atoms with Crippen LogP contribution in [-0.2, 0) is 0 Å². The topological polar surface area (TPSA) is 20.2 Å². The van der Waals surface area contributed by atoms with Crippen molar-refractivity contribution >= 4 is 8.07 Å². The van der Waals surface area contributed by atoms with Crippen LogP contribution in [0.4, 0.5) is 0 Å². The first-order chi connectivity index (χ1) is 5.35. The van der Waals surface area contributed by atoms with E-state index in [1.54, 1.807) is 0 Å². The fourth-order valence-electron chi connectivity index (χ4n) is 1.20. The van der Waals surface area contributed by atoms with E-state index >= 15 is 0 Å². The van der Waals surface area contributed by atoms with E-state index in [1.165, 1.54) is 5.57 Å². The predicted octanol–water partition coefficient (Wildman–Crippen LogP) is 2.81. The third-order valence-electron chi connectivity index (χ3n) is 1.54. The van der Waals surface area contributed by atoms with Gasteiger partial charge in [0, 0.05) is 14.5 Å². The summed E-state index contributed by atoms with van der Waals surface area (Å²) in [4.78, 5) is 0. The van der Waals surface area contributed by atoms with Crippen molar-refractivity contribution in [3.05, 3.63) is 17.9 Å². The van der Waals surface area contributed by atoms with Crippen LogP contribution in [0.15, 0.2) is 17.9 Å². The molecule has 0 saturated carbocycles. The molecule has 0 aromatic rings. The fourth-order valence-corrected chi connectivity index (χ4v) is 2.75. The number of aliphatic hydroxyl groups excluding tert-OH is 1. The molecule has 0 aliphatic heterocycles. The van der Waals surface area contributed by atoms with Crippen LogP contribution in [0.5, 0.6) is 0 Å². The van der Waals surface area contributed by atoms with Gasteiger partial charge in [0.2, 0.25) is 0 Å². The van der Waals surface area contributed by atoms with E-state index < -0.39 is 8.07 Å². The highest BCUT2D eigenvalue weighted by Crippen LogP contribution is 2.18. The predicted molar refractivity (Wildman–Crippen MR) is 57.1 cm³/mol. The summed E-state index contributed by atoms with van der Waals surface area (Å²) in [7, 11) is -1.06. The van der Waals surface area contributed by atoms with Gasteiger partial charge < -0.3 is 5.11 Å². The van der Waals surface area contributed by atoms with E-state index in [2.05, 4.69) is 32.0 Å². The molecule has 1 atom stereocenters. The molecule has 0 rings (SSSR count). The van der Waals surface area contributed by atoms with Crippen LogP contribution in [0.3, 0.4) is 0 Å². The Morgan fingerprint density at radius 3 is 2.25 bits per heavy atom. The maximum absolute atomic E-state index is 9.18. The molecule has 70 valence electrons. The normalized spacial score (nSPS) is 13.8. The standard InChI is InChI=1S/C10H20OSi/c1-6-10(7-9(2)11)8-12(3,4)5/h9,11H,1,7-8H2,2-5H3. The van der Waals surface area contributed by atoms with Gasteiger partial charge in [-0.2, -0.15) is 0 Å². The molecule has 12 heavy (non-hydrogen) atoms. The molecule has 2 heteroatoms. The summed E-state index contributed by atoms with van der Waals surface area (Å²) in [5, 5.41) is 9.18. The van der Waals surface area contributed by atoms with Crippen LogP contribution in [0.1, 0.15) is 13.3 Å². The van der Waals surface area contributed by atoms with Crippen LogP contribution >= 0.6 is 0 Å². The summed E-state index contributed by atoms with van der Waals surface area (Å²) in [5.74, 6) is 0. The summed E-state index contributed by atoms with van der Waals surface area (Å²) >= 11 is 0. The molecule has 1 N–H and O–H groups in total. The first-order valence-corrected chi connectivity index (χ1v) is 8.12. The van der Waals surface area contributed by atoms with Gasteiger partial charge >= 0.3 is 0 Å². The zero-order valence-electron chi connectivity index (χ0n) is 8.65. The molecule has 0 saturated heterocycles. The molecule has 0 bridgehead atoms. The Hall–Kier alpha value is -0.303. The number of hydrogen-bond acceptors (Lipinski definition) is 1. The van der Waals surface area contributed by atoms with Gasteiger partial charge in [-0.25, -0.2) is 0 Å². The van der Waals surface area contributed by atoms with Gasteiger partial charge in [-0.1, -0.05) is 26.2 Å². The minimum atomic E-state index is -1.06. The van der Waals surface area contributed by atoms with Gasteiger partial charge in [0.1, 0.15) is 0 Å². The molecule has 0 radical (unpaired) electrons. The molecule has 0 aromatic carbocycles. The Morgan fingerprint density at radius 1 is 1.50 bits per heavy atom. The number of rotatable bonds is 4. The highest BCUT2D eigenvalue weighted by atomic mass is 28.3. The van der Waals surface area contributed by atoms with Crippen molar-refractivity contribution in [1.29, 1.82) is 0 Å². The van der Waals surface area contributed by atoms with Crippen molar-refractivity contribution in [3.8, 4) is 0 Å². The molecule has 0 aromatic heterocycles. The quantitative estimate of drug-likeness (QED) is 0.526. The van der Waals surface area contributed by atoms with Crippen LogP contribution in [0.2, 0.25) is 25.7 Å². The molecule has 0 heterocycles. The van der Waals surface area contributed by atoms with E-state index in [0.717, 1.165) is 12.5 Å². The van der Waals surface area contributed by atoms with Crippen molar-refractivity contribution in [2.75, 3.05) is 0 Å². The largest absolute Gasteiger partial charge is 0.393 e. The average Bonchev–Trinajstić information content (AvgIpc) is 1.82. The third-order valence-corrected chi connectivity index (χ3v) is 3.02. The highest BCUT2D eigenvalue weighted by molar-refractivity contribution is 6.76. The number of hydrogen-bond donors (Lipinski definition) is 1. The van der Waals surface area contributed by atoms with Crippen molar-refractivity contribution in [1.82, 2.24) is 0 Å². The van der Waals surface area contributed by atoms with Gasteiger partial charge in [-0.3, -0.25) is 0 Å². The lowest BCUT2D eigenvalue weighted by Crippen LogP contribution is -2.20. The van der Waals surface area contributed by atoms with Crippen LogP contribution in [-0.4, -0.2) is 19.3 Å². The smallest absolute Gasteiger partial charge is 0.0555 e. The maximum atomic E-state index is 9.18. The minimum absolute atomic E-state index is 0.259. The third kappa shape index (κ3) is 6.41. The molecule has 0 spiro atoms. The number of aliphatic hydroxyl groups is 1. The maximum Gasteiger partial charge on any atom is 0.0555 e. The van der Waals surface area contributed by atoms with E-state index in [1.807, 2.05) is 6.92 Å². The van der Waals surface area contributed by atoms with Gasteiger partial charge in [0.15, 0.2) is 0 Å². The molecule has 0 aliphatic rings. The lowest BCUT2D eigenvalue weighted by Gasteiger charge is -2.17. The second kappa shape index (κ2) is 4.66. The average molecular weight is 184 g/mol. The Kier molecular flexibility index (Phi) is 4.54. The summed E-state index contributed by atoms with van der Waals surface area (Å²) in [6.07, 6.45) is 0.471. The van der Waals surface area contributed by atoms with E-state index in [-0.39, 0.29) is 6.10 Å². The van der Waals surface area contributed by atoms with Crippen molar-refractivity contribution < 1.29 is 5.11 Å². The van der Waals surface area contributed by atoms with Crippen LogP contribution in [0.25, 0.3) is 0 Å². The van der Waals surface area contributed by atoms with Crippen molar-refractivity contribution in [2.45, 2.75) is 45.1 Å². The zero-order valence-corrected chi connectivity index (χ0v) is 9.65. The second-order valence-electron chi connectivity index (χ2n) is 4.57. The minimum Gasteiger partial charge on any atom is -0.393 e. The lowest BCUT2D eigenvalue weighted by molar-refractivity contribution is 0.195. The second-order valence-corrected chi connectivity index (χ2v) is 10.0. The monoisotopic (exact) mass is 184 g/mol. The first kappa shape index (κ1) is 11.7. The molecule has 1 nitrogen and oxygen atoms in total. The summed E-state index contributed by atoms with van der Waals surface area (Å²) < 4.78 is 0. The Bertz CT molecular complexity index is 183. The molecular formula is C10H20OSi. The molecule has 0 fully saturated rings. The zero-order chi connectivity index (χ0) is 9.78. The Morgan fingerprint density at radius 2 is 2.00 bits per heavy atom. The van der Waals surface area contributed by atoms with Gasteiger partial charge in [-0.05, 0) is 18.5 Å². The SMILES string of the molecule is C=C=C(CC(C)O)C[Si](C)(C)C. The van der Waals surface area contributed by atoms with Crippen LogP contribution in [0, 0.1) is 0 Å². The van der Waals surface area contributed by atoms with Crippen LogP contribution < -0.4 is 0 Å². The molecular weight excluding hydrogens is 164 g/mol. The highest BCUT2D eigenvalue weighted by Gasteiger charge is 2.15. The van der Waals surface area contributed by atoms with Gasteiger partial charge in [-0.15, -0.1) is 5.73 Å². The fraction of sp³-hybridized carbons (Fsp3) is 0.700. The van der Waals surface area contributed by atoms with Crippen molar-refractivity contribution in [2.24, 2.45) is 0 Å². The summed E-state index contributed by atoms with van der Waals surface area (Å²) in [5.41, 5.74) is 4.12. The molecule has 1 unspecified atom stereocenters. The summed E-state index contributed by atoms with van der Waals surface area (Å²) in [6, 6.07) is 1.10.